The molecule has 1 N–H and O–H groups in total. The molecule has 1 aliphatic heterocycles. The van der Waals surface area contributed by atoms with Crippen LogP contribution in [0, 0.1) is 46.3 Å². The van der Waals surface area contributed by atoms with E-state index in [1.54, 1.807) is 6.92 Å². The predicted octanol–water partition coefficient (Wildman–Crippen LogP) is 5.64. The number of esters is 2. The van der Waals surface area contributed by atoms with Gasteiger partial charge in [-0.05, 0) is 93.8 Å². The first-order chi connectivity index (χ1) is 18.5. The van der Waals surface area contributed by atoms with Crippen molar-refractivity contribution in [1.82, 2.24) is 0 Å². The third kappa shape index (κ3) is 4.30. The Morgan fingerprint density at radius 1 is 1.02 bits per heavy atom. The number of ketones is 1. The predicted molar refractivity (Wildman–Crippen MR) is 150 cm³/mol. The first-order valence-corrected chi connectivity index (χ1v) is 15.8. The maximum absolute atomic E-state index is 12.4. The van der Waals surface area contributed by atoms with E-state index in [1.807, 2.05) is 13.8 Å². The highest BCUT2D eigenvalue weighted by atomic mass is 16.7. The number of ether oxygens (including phenoxy) is 3. The van der Waals surface area contributed by atoms with Crippen molar-refractivity contribution >= 4 is 17.7 Å². The van der Waals surface area contributed by atoms with Crippen LogP contribution < -0.4 is 0 Å². The summed E-state index contributed by atoms with van der Waals surface area (Å²) >= 11 is 0. The summed E-state index contributed by atoms with van der Waals surface area (Å²) in [5, 5.41) is 11.3. The number of carbonyl (C=O) groups is 3. The lowest BCUT2D eigenvalue weighted by atomic mass is 9.44. The van der Waals surface area contributed by atoms with Gasteiger partial charge in [0, 0.05) is 38.0 Å². The minimum absolute atomic E-state index is 0.0157. The highest BCUT2D eigenvalue weighted by Crippen LogP contribution is 2.77. The van der Waals surface area contributed by atoms with Gasteiger partial charge in [-0.25, -0.2) is 0 Å². The smallest absolute Gasteiger partial charge is 0.303 e. The van der Waals surface area contributed by atoms with Gasteiger partial charge in [0.1, 0.15) is 29.7 Å². The molecule has 1 saturated heterocycles. The standard InChI is InChI=1S/C33H52O7/c1-19(20(2)31(7,37)18-38-21(3)34)28(39-22(4)35)32(8)33(40-32)16-13-27-25-10-9-23-17-24(36)11-14-29(23,5)26(25)12-15-30(27,33)6/h19-20,23,25-28,37H,9-18H2,1-8H3/t19-,20-,23-,25+,26-,27-,28+,29-,30-,31?,32-,33-/m0/s1. The molecule has 1 heterocycles. The molecule has 0 bridgehead atoms. The monoisotopic (exact) mass is 560 g/mol. The summed E-state index contributed by atoms with van der Waals surface area (Å²) < 4.78 is 18.2. The van der Waals surface area contributed by atoms with Crippen molar-refractivity contribution in [3.63, 3.8) is 0 Å². The van der Waals surface area contributed by atoms with E-state index in [0.29, 0.717) is 29.5 Å². The Kier molecular flexibility index (Phi) is 7.34. The van der Waals surface area contributed by atoms with Gasteiger partial charge in [0.15, 0.2) is 0 Å². The van der Waals surface area contributed by atoms with Crippen molar-refractivity contribution in [3.8, 4) is 0 Å². The molecule has 0 amide bonds. The van der Waals surface area contributed by atoms with Crippen molar-refractivity contribution in [2.75, 3.05) is 6.61 Å². The van der Waals surface area contributed by atoms with Crippen molar-refractivity contribution in [2.45, 2.75) is 136 Å². The van der Waals surface area contributed by atoms with Crippen LogP contribution in [0.15, 0.2) is 0 Å². The molecule has 5 aliphatic rings. The fourth-order valence-electron chi connectivity index (χ4n) is 10.8. The lowest BCUT2D eigenvalue weighted by Gasteiger charge is -2.60. The highest BCUT2D eigenvalue weighted by Gasteiger charge is 2.83. The van der Waals surface area contributed by atoms with E-state index >= 15 is 0 Å². The summed E-state index contributed by atoms with van der Waals surface area (Å²) in [5.41, 5.74) is -2.06. The lowest BCUT2D eigenvalue weighted by molar-refractivity contribution is -0.163. The third-order valence-electron chi connectivity index (χ3n) is 13.4. The van der Waals surface area contributed by atoms with Crippen LogP contribution in [0.4, 0.5) is 0 Å². The van der Waals surface area contributed by atoms with Crippen LogP contribution in [0.3, 0.4) is 0 Å². The molecule has 5 fully saturated rings. The Balaban J connectivity index is 1.40. The van der Waals surface area contributed by atoms with Crippen LogP contribution in [0.25, 0.3) is 0 Å². The molecule has 40 heavy (non-hydrogen) atoms. The summed E-state index contributed by atoms with van der Waals surface area (Å²) in [6, 6.07) is 0. The number of epoxide rings is 1. The van der Waals surface area contributed by atoms with E-state index in [1.165, 1.54) is 26.7 Å². The second-order valence-corrected chi connectivity index (χ2v) is 15.2. The Morgan fingerprint density at radius 3 is 2.35 bits per heavy atom. The highest BCUT2D eigenvalue weighted by molar-refractivity contribution is 5.79. The lowest BCUT2D eigenvalue weighted by Crippen LogP contribution is -2.57. The topological polar surface area (TPSA) is 102 Å². The van der Waals surface area contributed by atoms with Gasteiger partial charge in [0.25, 0.3) is 0 Å². The summed E-state index contributed by atoms with van der Waals surface area (Å²) in [6.07, 6.45) is 8.70. The zero-order valence-corrected chi connectivity index (χ0v) is 26.0. The molecule has 1 spiro atoms. The summed E-state index contributed by atoms with van der Waals surface area (Å²) in [7, 11) is 0. The number of rotatable bonds is 7. The number of aliphatic hydroxyl groups is 1. The average Bonchev–Trinajstić information content (AvgIpc) is 3.39. The Bertz CT molecular complexity index is 1050. The van der Waals surface area contributed by atoms with Crippen LogP contribution in [0.1, 0.15) is 113 Å². The Labute approximate surface area is 240 Å². The molecule has 0 aromatic rings. The van der Waals surface area contributed by atoms with Gasteiger partial charge in [-0.2, -0.15) is 0 Å². The largest absolute Gasteiger partial charge is 0.463 e. The maximum Gasteiger partial charge on any atom is 0.303 e. The molecule has 7 heteroatoms. The SMILES string of the molecule is CC(=O)OCC(C)(O)[C@@H](C)[C@H](C)[C@@H](OC(C)=O)[C@]1(C)O[C@]12CC[C@H]1[C@@H]3CC[C@H]4CC(=O)CC[C@]4(C)[C@H]3CC[C@@]12C. The Hall–Kier alpha value is -1.47. The number of Topliss-reactive ketones (excluding diaryl/α,β-unsaturated/α-hetero) is 1. The van der Waals surface area contributed by atoms with Crippen LogP contribution in [-0.4, -0.2) is 52.3 Å². The van der Waals surface area contributed by atoms with Crippen molar-refractivity contribution in [2.24, 2.45) is 46.3 Å². The van der Waals surface area contributed by atoms with Gasteiger partial charge >= 0.3 is 11.9 Å². The second-order valence-electron chi connectivity index (χ2n) is 15.2. The van der Waals surface area contributed by atoms with E-state index in [9.17, 15) is 19.5 Å². The maximum atomic E-state index is 12.4. The Morgan fingerprint density at radius 2 is 1.70 bits per heavy atom. The van der Waals surface area contributed by atoms with E-state index in [4.69, 9.17) is 14.2 Å². The molecule has 0 aromatic carbocycles. The third-order valence-corrected chi connectivity index (χ3v) is 13.4. The van der Waals surface area contributed by atoms with Gasteiger partial charge in [0.05, 0.1) is 5.60 Å². The van der Waals surface area contributed by atoms with E-state index in [2.05, 4.69) is 20.8 Å². The molecular weight excluding hydrogens is 508 g/mol. The molecule has 7 nitrogen and oxygen atoms in total. The van der Waals surface area contributed by atoms with Gasteiger partial charge in [0.2, 0.25) is 0 Å². The second kappa shape index (κ2) is 9.79. The number of hydrogen-bond acceptors (Lipinski definition) is 7. The molecule has 226 valence electrons. The van der Waals surface area contributed by atoms with Gasteiger partial charge in [-0.3, -0.25) is 14.4 Å². The number of fused-ring (bicyclic) bond motifs is 6. The fraction of sp³-hybridized carbons (Fsp3) is 0.909. The molecule has 1 unspecified atom stereocenters. The van der Waals surface area contributed by atoms with E-state index < -0.39 is 23.3 Å². The first kappa shape index (κ1) is 30.0. The summed E-state index contributed by atoms with van der Waals surface area (Å²) in [6.45, 7) is 15.3. The van der Waals surface area contributed by atoms with Gasteiger partial charge in [-0.15, -0.1) is 0 Å². The summed E-state index contributed by atoms with van der Waals surface area (Å²) in [4.78, 5) is 36.2. The molecule has 0 radical (unpaired) electrons. The van der Waals surface area contributed by atoms with Gasteiger partial charge in [-0.1, -0.05) is 27.7 Å². The molecular formula is C33H52O7. The number of hydrogen-bond donors (Lipinski definition) is 1. The van der Waals surface area contributed by atoms with Crippen LogP contribution >= 0.6 is 0 Å². The molecule has 0 aromatic heterocycles. The normalized spacial score (nSPS) is 45.8. The van der Waals surface area contributed by atoms with E-state index in [0.717, 1.165) is 44.9 Å². The zero-order chi connectivity index (χ0) is 29.5. The van der Waals surface area contributed by atoms with Crippen LogP contribution in [0.2, 0.25) is 0 Å². The quantitative estimate of drug-likeness (QED) is 0.317. The zero-order valence-electron chi connectivity index (χ0n) is 26.0. The van der Waals surface area contributed by atoms with Crippen molar-refractivity contribution in [3.05, 3.63) is 0 Å². The molecule has 4 saturated carbocycles. The van der Waals surface area contributed by atoms with Gasteiger partial charge < -0.3 is 19.3 Å². The minimum Gasteiger partial charge on any atom is -0.463 e. The minimum atomic E-state index is -1.28. The summed E-state index contributed by atoms with van der Waals surface area (Å²) in [5.74, 6) is 1.52. The first-order valence-electron chi connectivity index (χ1n) is 15.8. The van der Waals surface area contributed by atoms with Crippen LogP contribution in [-0.2, 0) is 28.6 Å². The van der Waals surface area contributed by atoms with Crippen molar-refractivity contribution < 1.29 is 33.7 Å². The molecule has 5 rings (SSSR count). The fourth-order valence-corrected chi connectivity index (χ4v) is 10.8. The van der Waals surface area contributed by atoms with E-state index in [-0.39, 0.29) is 40.8 Å². The number of carbonyl (C=O) groups excluding carboxylic acids is 3. The van der Waals surface area contributed by atoms with Crippen LogP contribution in [0.5, 0.6) is 0 Å². The molecule has 4 aliphatic carbocycles. The average molecular weight is 561 g/mol. The van der Waals surface area contributed by atoms with Crippen molar-refractivity contribution in [1.29, 1.82) is 0 Å². The molecule has 12 atom stereocenters.